The zero-order valence-electron chi connectivity index (χ0n) is 10.3. The maximum absolute atomic E-state index is 12.2. The monoisotopic (exact) mass is 386 g/mol. The normalized spacial score (nSPS) is 11.9. The van der Waals surface area contributed by atoms with E-state index in [9.17, 15) is 4.79 Å². The Labute approximate surface area is 130 Å². The number of carbonyl (C=O) groups excluding carboxylic acids is 1. The summed E-state index contributed by atoms with van der Waals surface area (Å²) >= 11 is 8.10. The summed E-state index contributed by atoms with van der Waals surface area (Å²) in [6, 6.07) is 14.5. The van der Waals surface area contributed by atoms with E-state index in [-0.39, 0.29) is 5.78 Å². The lowest BCUT2D eigenvalue weighted by molar-refractivity contribution is 0.0818. The quantitative estimate of drug-likeness (QED) is 0.567. The molecule has 0 aliphatic rings. The molecule has 0 radical (unpaired) electrons. The Balaban J connectivity index is 2.09. The first-order valence-electron chi connectivity index (χ1n) is 5.78. The summed E-state index contributed by atoms with van der Waals surface area (Å²) in [5.41, 5.74) is 0.561. The van der Waals surface area contributed by atoms with E-state index in [1.807, 2.05) is 24.3 Å². The number of Topliss-reactive ketones (excluding diaryl/α,β-unsaturated/α-hetero) is 1. The Hall–Kier alpha value is -1.07. The predicted octanol–water partition coefficient (Wildman–Crippen LogP) is 4.59. The molecule has 0 N–H and O–H groups in total. The van der Waals surface area contributed by atoms with Crippen LogP contribution in [0.5, 0.6) is 5.75 Å². The molecule has 0 bridgehead atoms. The fraction of sp³-hybridized carbons (Fsp3) is 0.133. The predicted molar refractivity (Wildman–Crippen MR) is 85.0 cm³/mol. The Morgan fingerprint density at radius 2 is 1.89 bits per heavy atom. The Bertz CT molecular complexity index is 581. The van der Waals surface area contributed by atoms with Gasteiger partial charge in [-0.15, -0.1) is 0 Å². The van der Waals surface area contributed by atoms with Crippen molar-refractivity contribution in [3.05, 3.63) is 62.7 Å². The first-order valence-corrected chi connectivity index (χ1v) is 7.24. The molecule has 0 aliphatic heterocycles. The van der Waals surface area contributed by atoms with Crippen LogP contribution in [0.15, 0.2) is 48.5 Å². The van der Waals surface area contributed by atoms with Crippen molar-refractivity contribution in [3.8, 4) is 5.75 Å². The van der Waals surface area contributed by atoms with Crippen LogP contribution in [0, 0.1) is 3.57 Å². The minimum Gasteiger partial charge on any atom is -0.483 e. The largest absolute Gasteiger partial charge is 0.483 e. The number of rotatable bonds is 4. The SMILES string of the molecule is CC(Oc1ccc(I)cc1)C(=O)c1cccc(Cl)c1. The molecule has 19 heavy (non-hydrogen) atoms. The third-order valence-corrected chi connectivity index (χ3v) is 3.56. The van der Waals surface area contributed by atoms with Crippen molar-refractivity contribution in [2.24, 2.45) is 0 Å². The topological polar surface area (TPSA) is 26.3 Å². The molecule has 1 unspecified atom stereocenters. The molecule has 2 aromatic carbocycles. The second-order valence-electron chi connectivity index (χ2n) is 4.09. The minimum absolute atomic E-state index is 0.0824. The van der Waals surface area contributed by atoms with Gasteiger partial charge in [0.25, 0.3) is 0 Å². The summed E-state index contributed by atoms with van der Waals surface area (Å²) in [5.74, 6) is 0.601. The number of carbonyl (C=O) groups is 1. The Kier molecular flexibility index (Phi) is 4.82. The van der Waals surface area contributed by atoms with E-state index in [1.54, 1.807) is 31.2 Å². The van der Waals surface area contributed by atoms with Crippen LogP contribution in [0.3, 0.4) is 0 Å². The summed E-state index contributed by atoms with van der Waals surface area (Å²) in [6.45, 7) is 1.74. The number of halogens is 2. The fourth-order valence-electron chi connectivity index (χ4n) is 1.65. The average molecular weight is 387 g/mol. The summed E-state index contributed by atoms with van der Waals surface area (Å²) in [5, 5.41) is 0.548. The summed E-state index contributed by atoms with van der Waals surface area (Å²) in [6.07, 6.45) is -0.543. The van der Waals surface area contributed by atoms with Crippen LogP contribution < -0.4 is 4.74 Å². The standard InChI is InChI=1S/C15H12ClIO2/c1-10(19-14-7-5-13(17)6-8-14)15(18)11-3-2-4-12(16)9-11/h2-10H,1H3. The summed E-state index contributed by atoms with van der Waals surface area (Å²) < 4.78 is 6.75. The summed E-state index contributed by atoms with van der Waals surface area (Å²) in [7, 11) is 0. The molecule has 0 saturated heterocycles. The molecule has 98 valence electrons. The zero-order chi connectivity index (χ0) is 13.8. The molecule has 4 heteroatoms. The third kappa shape index (κ3) is 3.94. The molecule has 2 nitrogen and oxygen atoms in total. The first kappa shape index (κ1) is 14.3. The lowest BCUT2D eigenvalue weighted by Gasteiger charge is -2.13. The molecular weight excluding hydrogens is 375 g/mol. The van der Waals surface area contributed by atoms with Gasteiger partial charge >= 0.3 is 0 Å². The van der Waals surface area contributed by atoms with E-state index in [0.29, 0.717) is 16.3 Å². The van der Waals surface area contributed by atoms with Gasteiger partial charge in [-0.05, 0) is 65.9 Å². The van der Waals surface area contributed by atoms with Gasteiger partial charge in [0.15, 0.2) is 6.10 Å². The van der Waals surface area contributed by atoms with Crippen LogP contribution in [-0.2, 0) is 0 Å². The van der Waals surface area contributed by atoms with E-state index in [2.05, 4.69) is 22.6 Å². The van der Waals surface area contributed by atoms with Crippen molar-refractivity contribution in [1.29, 1.82) is 0 Å². The molecule has 0 spiro atoms. The van der Waals surface area contributed by atoms with Crippen molar-refractivity contribution in [2.75, 3.05) is 0 Å². The van der Waals surface area contributed by atoms with E-state index in [4.69, 9.17) is 16.3 Å². The van der Waals surface area contributed by atoms with E-state index in [1.165, 1.54) is 0 Å². The van der Waals surface area contributed by atoms with Crippen LogP contribution >= 0.6 is 34.2 Å². The number of hydrogen-bond acceptors (Lipinski definition) is 2. The molecule has 0 aromatic heterocycles. The number of ether oxygens (including phenoxy) is 1. The van der Waals surface area contributed by atoms with Crippen LogP contribution in [0.1, 0.15) is 17.3 Å². The highest BCUT2D eigenvalue weighted by atomic mass is 127. The number of benzene rings is 2. The first-order chi connectivity index (χ1) is 9.06. The molecule has 0 saturated carbocycles. The van der Waals surface area contributed by atoms with Gasteiger partial charge in [-0.1, -0.05) is 23.7 Å². The highest BCUT2D eigenvalue weighted by molar-refractivity contribution is 14.1. The van der Waals surface area contributed by atoms with Gasteiger partial charge in [0.2, 0.25) is 5.78 Å². The van der Waals surface area contributed by atoms with Crippen LogP contribution in [0.25, 0.3) is 0 Å². The summed E-state index contributed by atoms with van der Waals surface area (Å²) in [4.78, 5) is 12.2. The molecule has 2 aromatic rings. The maximum atomic E-state index is 12.2. The lowest BCUT2D eigenvalue weighted by Crippen LogP contribution is -2.23. The van der Waals surface area contributed by atoms with Crippen molar-refractivity contribution in [1.82, 2.24) is 0 Å². The minimum atomic E-state index is -0.543. The molecule has 0 heterocycles. The van der Waals surface area contributed by atoms with Gasteiger partial charge in [-0.25, -0.2) is 0 Å². The van der Waals surface area contributed by atoms with E-state index >= 15 is 0 Å². The van der Waals surface area contributed by atoms with Crippen molar-refractivity contribution in [2.45, 2.75) is 13.0 Å². The number of hydrogen-bond donors (Lipinski definition) is 0. The second kappa shape index (κ2) is 6.39. The Morgan fingerprint density at radius 3 is 2.53 bits per heavy atom. The molecule has 0 aliphatic carbocycles. The molecular formula is C15H12ClIO2. The van der Waals surface area contributed by atoms with Gasteiger partial charge < -0.3 is 4.74 Å². The van der Waals surface area contributed by atoms with Gasteiger partial charge in [0.05, 0.1) is 0 Å². The van der Waals surface area contributed by atoms with Gasteiger partial charge in [-0.2, -0.15) is 0 Å². The van der Waals surface area contributed by atoms with Gasteiger partial charge in [-0.3, -0.25) is 4.79 Å². The number of ketones is 1. The van der Waals surface area contributed by atoms with Crippen molar-refractivity contribution in [3.63, 3.8) is 0 Å². The van der Waals surface area contributed by atoms with Gasteiger partial charge in [0, 0.05) is 14.2 Å². The maximum Gasteiger partial charge on any atom is 0.203 e. The van der Waals surface area contributed by atoms with Crippen molar-refractivity contribution < 1.29 is 9.53 Å². The van der Waals surface area contributed by atoms with Crippen LogP contribution in [0.2, 0.25) is 5.02 Å². The van der Waals surface area contributed by atoms with Crippen LogP contribution in [-0.4, -0.2) is 11.9 Å². The third-order valence-electron chi connectivity index (χ3n) is 2.60. The molecule has 1 atom stereocenters. The van der Waals surface area contributed by atoms with E-state index < -0.39 is 6.10 Å². The highest BCUT2D eigenvalue weighted by Crippen LogP contribution is 2.18. The average Bonchev–Trinajstić information content (AvgIpc) is 2.40. The zero-order valence-corrected chi connectivity index (χ0v) is 13.2. The van der Waals surface area contributed by atoms with Crippen LogP contribution in [0.4, 0.5) is 0 Å². The molecule has 2 rings (SSSR count). The molecule has 0 fully saturated rings. The Morgan fingerprint density at radius 1 is 1.21 bits per heavy atom. The highest BCUT2D eigenvalue weighted by Gasteiger charge is 2.17. The van der Waals surface area contributed by atoms with Crippen molar-refractivity contribution >= 4 is 40.0 Å². The second-order valence-corrected chi connectivity index (χ2v) is 5.77. The fourth-order valence-corrected chi connectivity index (χ4v) is 2.20. The lowest BCUT2D eigenvalue weighted by atomic mass is 10.1. The smallest absolute Gasteiger partial charge is 0.203 e. The van der Waals surface area contributed by atoms with Gasteiger partial charge in [0.1, 0.15) is 5.75 Å². The molecule has 0 amide bonds. The van der Waals surface area contributed by atoms with E-state index in [0.717, 1.165) is 3.57 Å².